The van der Waals surface area contributed by atoms with E-state index in [-0.39, 0.29) is 5.97 Å². The van der Waals surface area contributed by atoms with E-state index < -0.39 is 5.41 Å². The van der Waals surface area contributed by atoms with Crippen LogP contribution < -0.4 is 4.74 Å². The van der Waals surface area contributed by atoms with Crippen LogP contribution in [0.1, 0.15) is 43.1 Å². The van der Waals surface area contributed by atoms with Gasteiger partial charge in [0.05, 0.1) is 23.1 Å². The van der Waals surface area contributed by atoms with Crippen LogP contribution in [0.25, 0.3) is 11.0 Å². The molecule has 6 nitrogen and oxygen atoms in total. The second-order valence-corrected chi connectivity index (χ2v) is 10.7. The molecular formula is C32H36ClN3O3. The number of likely N-dealkylation sites (tertiary alicyclic amines) is 1. The Balaban J connectivity index is 1.25. The minimum atomic E-state index is -0.558. The first-order valence-corrected chi connectivity index (χ1v) is 14.2. The van der Waals surface area contributed by atoms with Crippen LogP contribution in [0.4, 0.5) is 0 Å². The molecule has 0 amide bonds. The monoisotopic (exact) mass is 545 g/mol. The molecule has 1 aliphatic rings. The molecule has 39 heavy (non-hydrogen) atoms. The van der Waals surface area contributed by atoms with Gasteiger partial charge in [-0.3, -0.25) is 4.79 Å². The van der Waals surface area contributed by atoms with E-state index in [0.717, 1.165) is 79.2 Å². The van der Waals surface area contributed by atoms with Gasteiger partial charge in [0.25, 0.3) is 0 Å². The molecule has 0 spiro atoms. The molecule has 0 aliphatic carbocycles. The fraction of sp³-hybridized carbons (Fsp3) is 0.375. The molecule has 1 aliphatic heterocycles. The van der Waals surface area contributed by atoms with Crippen molar-refractivity contribution in [2.75, 3.05) is 26.2 Å². The summed E-state index contributed by atoms with van der Waals surface area (Å²) in [6.45, 7) is 8.29. The number of carbonyl (C=O) groups is 1. The van der Waals surface area contributed by atoms with E-state index in [4.69, 9.17) is 26.1 Å². The molecule has 1 aromatic heterocycles. The first-order valence-electron chi connectivity index (χ1n) is 13.8. The summed E-state index contributed by atoms with van der Waals surface area (Å²) in [6.07, 6.45) is 2.51. The van der Waals surface area contributed by atoms with Crippen LogP contribution in [0.15, 0.2) is 72.8 Å². The third-order valence-corrected chi connectivity index (χ3v) is 8.05. The topological polar surface area (TPSA) is 56.6 Å². The van der Waals surface area contributed by atoms with Crippen LogP contribution in [-0.2, 0) is 28.1 Å². The quantitative estimate of drug-likeness (QED) is 0.211. The number of carbonyl (C=O) groups excluding carboxylic acids is 1. The van der Waals surface area contributed by atoms with Crippen molar-refractivity contribution in [1.29, 1.82) is 0 Å². The zero-order valence-electron chi connectivity index (χ0n) is 22.7. The van der Waals surface area contributed by atoms with Crippen molar-refractivity contribution in [2.24, 2.45) is 0 Å². The van der Waals surface area contributed by atoms with E-state index in [1.165, 1.54) is 0 Å². The molecule has 204 valence electrons. The van der Waals surface area contributed by atoms with Crippen molar-refractivity contribution in [2.45, 2.75) is 51.7 Å². The highest BCUT2D eigenvalue weighted by atomic mass is 35.5. The van der Waals surface area contributed by atoms with E-state index in [2.05, 4.69) is 46.7 Å². The minimum Gasteiger partial charge on any atom is -0.486 e. The van der Waals surface area contributed by atoms with Crippen molar-refractivity contribution >= 4 is 28.6 Å². The average molecular weight is 546 g/mol. The Bertz CT molecular complexity index is 1390. The Labute approximate surface area is 235 Å². The number of aryl methyl sites for hydroxylation is 2. The number of nitrogens with zero attached hydrogens (tertiary/aromatic N) is 3. The smallest absolute Gasteiger partial charge is 0.316 e. The molecule has 0 N–H and O–H groups in total. The predicted octanol–water partition coefficient (Wildman–Crippen LogP) is 6.56. The van der Waals surface area contributed by atoms with Crippen molar-refractivity contribution in [3.05, 3.63) is 94.8 Å². The molecular weight excluding hydrogens is 510 g/mol. The van der Waals surface area contributed by atoms with Gasteiger partial charge < -0.3 is 18.9 Å². The van der Waals surface area contributed by atoms with Crippen LogP contribution >= 0.6 is 11.6 Å². The van der Waals surface area contributed by atoms with E-state index >= 15 is 0 Å². The molecule has 0 radical (unpaired) electrons. The molecule has 0 bridgehead atoms. The maximum atomic E-state index is 13.1. The first kappa shape index (κ1) is 27.2. The number of hydrogen-bond donors (Lipinski definition) is 0. The fourth-order valence-corrected chi connectivity index (χ4v) is 5.75. The van der Waals surface area contributed by atoms with Gasteiger partial charge in [-0.1, -0.05) is 54.1 Å². The number of esters is 1. The molecule has 7 heteroatoms. The van der Waals surface area contributed by atoms with E-state index in [1.54, 1.807) is 0 Å². The van der Waals surface area contributed by atoms with Crippen molar-refractivity contribution < 1.29 is 14.3 Å². The molecule has 5 rings (SSSR count). The Morgan fingerprint density at radius 2 is 1.72 bits per heavy atom. The SMILES string of the molecule is CCOC(=O)C1(c2ccccc2)CCN(CCCn2c(COc3ccc(Cl)cc3)nc3c(C)cccc32)CC1. The molecule has 0 atom stereocenters. The van der Waals surface area contributed by atoms with E-state index in [1.807, 2.05) is 49.4 Å². The summed E-state index contributed by atoms with van der Waals surface area (Å²) in [5, 5.41) is 0.686. The van der Waals surface area contributed by atoms with Crippen molar-refractivity contribution in [3.8, 4) is 5.75 Å². The summed E-state index contributed by atoms with van der Waals surface area (Å²) in [5.74, 6) is 1.59. The summed E-state index contributed by atoms with van der Waals surface area (Å²) in [6, 6.07) is 23.9. The van der Waals surface area contributed by atoms with E-state index in [0.29, 0.717) is 18.2 Å². The summed E-state index contributed by atoms with van der Waals surface area (Å²) in [7, 11) is 0. The molecule has 4 aromatic rings. The van der Waals surface area contributed by atoms with Gasteiger partial charge in [-0.15, -0.1) is 0 Å². The lowest BCUT2D eigenvalue weighted by molar-refractivity contribution is -0.152. The number of benzene rings is 3. The van der Waals surface area contributed by atoms with Crippen molar-refractivity contribution in [1.82, 2.24) is 14.5 Å². The summed E-state index contributed by atoms with van der Waals surface area (Å²) in [5.41, 5.74) is 3.82. The highest BCUT2D eigenvalue weighted by molar-refractivity contribution is 6.30. The predicted molar refractivity (Wildman–Crippen MR) is 155 cm³/mol. The molecule has 3 aromatic carbocycles. The molecule has 0 saturated carbocycles. The first-order chi connectivity index (χ1) is 19.0. The Morgan fingerprint density at radius 1 is 0.974 bits per heavy atom. The summed E-state index contributed by atoms with van der Waals surface area (Å²) in [4.78, 5) is 20.5. The Morgan fingerprint density at radius 3 is 2.44 bits per heavy atom. The van der Waals surface area contributed by atoms with E-state index in [9.17, 15) is 4.79 Å². The number of para-hydroxylation sites is 1. The maximum Gasteiger partial charge on any atom is 0.316 e. The maximum absolute atomic E-state index is 13.1. The number of fused-ring (bicyclic) bond motifs is 1. The molecule has 1 saturated heterocycles. The van der Waals surface area contributed by atoms with Crippen molar-refractivity contribution in [3.63, 3.8) is 0 Å². The number of imidazole rings is 1. The van der Waals surface area contributed by atoms with Crippen LogP contribution in [0.2, 0.25) is 5.02 Å². The normalized spacial score (nSPS) is 15.4. The number of rotatable bonds is 10. The van der Waals surface area contributed by atoms with Crippen LogP contribution in [-0.4, -0.2) is 46.7 Å². The third-order valence-electron chi connectivity index (χ3n) is 7.80. The third kappa shape index (κ3) is 5.97. The second kappa shape index (κ2) is 12.2. The van der Waals surface area contributed by atoms with Gasteiger partial charge in [0, 0.05) is 11.6 Å². The average Bonchev–Trinajstić information content (AvgIpc) is 3.32. The molecule has 2 heterocycles. The Hall–Kier alpha value is -3.35. The van der Waals surface area contributed by atoms with Crippen LogP contribution in [0.3, 0.4) is 0 Å². The minimum absolute atomic E-state index is 0.0959. The zero-order chi connectivity index (χ0) is 27.2. The summed E-state index contributed by atoms with van der Waals surface area (Å²) >= 11 is 6.02. The fourth-order valence-electron chi connectivity index (χ4n) is 5.62. The van der Waals surface area contributed by atoms with Crippen LogP contribution in [0, 0.1) is 6.92 Å². The van der Waals surface area contributed by atoms with Gasteiger partial charge in [0.15, 0.2) is 0 Å². The lowest BCUT2D eigenvalue weighted by Gasteiger charge is -2.40. The van der Waals surface area contributed by atoms with Gasteiger partial charge in [-0.25, -0.2) is 4.98 Å². The largest absolute Gasteiger partial charge is 0.486 e. The van der Waals surface area contributed by atoms with Gasteiger partial charge in [0.2, 0.25) is 0 Å². The highest BCUT2D eigenvalue weighted by Gasteiger charge is 2.44. The van der Waals surface area contributed by atoms with Gasteiger partial charge in [-0.2, -0.15) is 0 Å². The molecule has 0 unspecified atom stereocenters. The second-order valence-electron chi connectivity index (χ2n) is 10.2. The van der Waals surface area contributed by atoms with Gasteiger partial charge in [0.1, 0.15) is 18.2 Å². The zero-order valence-corrected chi connectivity index (χ0v) is 23.5. The summed E-state index contributed by atoms with van der Waals surface area (Å²) < 4.78 is 13.9. The standard InChI is InChI=1S/C32H36ClN3O3/c1-3-38-31(37)32(25-10-5-4-6-11-25)17-21-35(22-18-32)19-8-20-36-28-12-7-9-24(2)30(28)34-29(36)23-39-27-15-13-26(33)14-16-27/h4-7,9-16H,3,8,17-23H2,1-2H3. The highest BCUT2D eigenvalue weighted by Crippen LogP contribution is 2.37. The number of piperidine rings is 1. The number of halogens is 1. The number of ether oxygens (including phenoxy) is 2. The van der Waals surface area contributed by atoms with Gasteiger partial charge >= 0.3 is 5.97 Å². The Kier molecular flexibility index (Phi) is 8.53. The number of hydrogen-bond acceptors (Lipinski definition) is 5. The number of aromatic nitrogens is 2. The lowest BCUT2D eigenvalue weighted by atomic mass is 9.72. The van der Waals surface area contributed by atoms with Gasteiger partial charge in [-0.05, 0) is 94.2 Å². The lowest BCUT2D eigenvalue weighted by Crippen LogP contribution is -2.48. The molecule has 1 fully saturated rings. The van der Waals surface area contributed by atoms with Crippen LogP contribution in [0.5, 0.6) is 5.75 Å².